The molecule has 2 N–H and O–H groups in total. The zero-order valence-electron chi connectivity index (χ0n) is 13.4. The summed E-state index contributed by atoms with van der Waals surface area (Å²) in [7, 11) is 0. The minimum absolute atomic E-state index is 0.0595. The SMILES string of the molecule is CC(C)(C)CN1CCCC(CNC(=O)C2CCCN2)C1. The van der Waals surface area contributed by atoms with Crippen molar-refractivity contribution in [1.29, 1.82) is 0 Å². The fourth-order valence-electron chi connectivity index (χ4n) is 3.41. The van der Waals surface area contributed by atoms with E-state index in [2.05, 4.69) is 36.3 Å². The fraction of sp³-hybridized carbons (Fsp3) is 0.938. The van der Waals surface area contributed by atoms with Crippen LogP contribution in [0.3, 0.4) is 0 Å². The Bertz CT molecular complexity index is 318. The van der Waals surface area contributed by atoms with Gasteiger partial charge in [-0.1, -0.05) is 20.8 Å². The summed E-state index contributed by atoms with van der Waals surface area (Å²) in [4.78, 5) is 14.6. The second-order valence-corrected chi connectivity index (χ2v) is 7.70. The fourth-order valence-corrected chi connectivity index (χ4v) is 3.41. The zero-order valence-corrected chi connectivity index (χ0v) is 13.4. The van der Waals surface area contributed by atoms with Crippen molar-refractivity contribution in [3.63, 3.8) is 0 Å². The van der Waals surface area contributed by atoms with Gasteiger partial charge in [0.25, 0.3) is 0 Å². The molecule has 1 amide bonds. The van der Waals surface area contributed by atoms with E-state index in [1.807, 2.05) is 0 Å². The van der Waals surface area contributed by atoms with Crippen LogP contribution in [0.1, 0.15) is 46.5 Å². The Morgan fingerprint density at radius 1 is 1.30 bits per heavy atom. The average Bonchev–Trinajstić information content (AvgIpc) is 2.88. The molecular formula is C16H31N3O. The maximum atomic E-state index is 12.0. The van der Waals surface area contributed by atoms with Gasteiger partial charge in [0.2, 0.25) is 5.91 Å². The number of nitrogens with one attached hydrogen (secondary N) is 2. The summed E-state index contributed by atoms with van der Waals surface area (Å²) >= 11 is 0. The predicted molar refractivity (Wildman–Crippen MR) is 82.7 cm³/mol. The predicted octanol–water partition coefficient (Wildman–Crippen LogP) is 1.61. The van der Waals surface area contributed by atoms with E-state index in [0.29, 0.717) is 11.3 Å². The second kappa shape index (κ2) is 6.90. The molecule has 2 atom stereocenters. The third-order valence-corrected chi connectivity index (χ3v) is 4.24. The van der Waals surface area contributed by atoms with Crippen LogP contribution in [0, 0.1) is 11.3 Å². The van der Waals surface area contributed by atoms with Gasteiger partial charge in [0.1, 0.15) is 0 Å². The minimum atomic E-state index is 0.0595. The van der Waals surface area contributed by atoms with Crippen LogP contribution in [-0.4, -0.2) is 49.6 Å². The lowest BCUT2D eigenvalue weighted by atomic mass is 9.92. The van der Waals surface area contributed by atoms with Crippen molar-refractivity contribution in [2.75, 3.05) is 32.7 Å². The van der Waals surface area contributed by atoms with Gasteiger partial charge in [-0.3, -0.25) is 4.79 Å². The number of piperidine rings is 1. The van der Waals surface area contributed by atoms with Gasteiger partial charge < -0.3 is 15.5 Å². The molecule has 0 aromatic carbocycles. The van der Waals surface area contributed by atoms with Crippen LogP contribution in [0.5, 0.6) is 0 Å². The normalized spacial score (nSPS) is 28.6. The number of hydrogen-bond donors (Lipinski definition) is 2. The summed E-state index contributed by atoms with van der Waals surface area (Å²) in [5, 5.41) is 6.41. The first-order chi connectivity index (χ1) is 9.44. The van der Waals surface area contributed by atoms with E-state index in [9.17, 15) is 4.79 Å². The first-order valence-electron chi connectivity index (χ1n) is 8.17. The number of carbonyl (C=O) groups is 1. The standard InChI is InChI=1S/C16H31N3O/c1-16(2,3)12-19-9-5-6-13(11-19)10-18-15(20)14-7-4-8-17-14/h13-14,17H,4-12H2,1-3H3,(H,18,20). The Hall–Kier alpha value is -0.610. The van der Waals surface area contributed by atoms with E-state index < -0.39 is 0 Å². The summed E-state index contributed by atoms with van der Waals surface area (Å²) in [5.74, 6) is 0.826. The highest BCUT2D eigenvalue weighted by Crippen LogP contribution is 2.21. The van der Waals surface area contributed by atoms with E-state index in [0.717, 1.165) is 39.0 Å². The van der Waals surface area contributed by atoms with E-state index in [1.54, 1.807) is 0 Å². The summed E-state index contributed by atoms with van der Waals surface area (Å²) in [6.45, 7) is 12.2. The lowest BCUT2D eigenvalue weighted by molar-refractivity contribution is -0.123. The van der Waals surface area contributed by atoms with Gasteiger partial charge in [0.15, 0.2) is 0 Å². The number of rotatable bonds is 4. The molecule has 2 aliphatic heterocycles. The van der Waals surface area contributed by atoms with Gasteiger partial charge in [-0.05, 0) is 50.1 Å². The van der Waals surface area contributed by atoms with Crippen LogP contribution in [0.25, 0.3) is 0 Å². The van der Waals surface area contributed by atoms with Crippen LogP contribution < -0.4 is 10.6 Å². The molecule has 2 rings (SSSR count). The Labute approximate surface area is 123 Å². The first kappa shape index (κ1) is 15.8. The van der Waals surface area contributed by atoms with Crippen molar-refractivity contribution in [3.8, 4) is 0 Å². The molecule has 0 aliphatic carbocycles. The molecule has 0 aromatic rings. The zero-order chi connectivity index (χ0) is 14.6. The van der Waals surface area contributed by atoms with Crippen LogP contribution >= 0.6 is 0 Å². The van der Waals surface area contributed by atoms with E-state index in [4.69, 9.17) is 0 Å². The smallest absolute Gasteiger partial charge is 0.237 e. The topological polar surface area (TPSA) is 44.4 Å². The van der Waals surface area contributed by atoms with Crippen molar-refractivity contribution in [1.82, 2.24) is 15.5 Å². The Morgan fingerprint density at radius 3 is 2.75 bits per heavy atom. The van der Waals surface area contributed by atoms with Crippen LogP contribution in [-0.2, 0) is 4.79 Å². The van der Waals surface area contributed by atoms with Gasteiger partial charge in [-0.15, -0.1) is 0 Å². The minimum Gasteiger partial charge on any atom is -0.354 e. The highest BCUT2D eigenvalue weighted by molar-refractivity contribution is 5.81. The van der Waals surface area contributed by atoms with E-state index >= 15 is 0 Å². The number of likely N-dealkylation sites (tertiary alicyclic amines) is 1. The van der Waals surface area contributed by atoms with E-state index in [1.165, 1.54) is 19.4 Å². The molecule has 2 fully saturated rings. The van der Waals surface area contributed by atoms with Crippen LogP contribution in [0.15, 0.2) is 0 Å². The van der Waals surface area contributed by atoms with Crippen molar-refractivity contribution >= 4 is 5.91 Å². The molecule has 0 saturated carbocycles. The van der Waals surface area contributed by atoms with Crippen molar-refractivity contribution in [2.24, 2.45) is 11.3 Å². The summed E-state index contributed by atoms with van der Waals surface area (Å²) in [5.41, 5.74) is 0.360. The van der Waals surface area contributed by atoms with Gasteiger partial charge >= 0.3 is 0 Å². The van der Waals surface area contributed by atoms with Crippen molar-refractivity contribution in [3.05, 3.63) is 0 Å². The Kier molecular flexibility index (Phi) is 5.44. The second-order valence-electron chi connectivity index (χ2n) is 7.70. The maximum Gasteiger partial charge on any atom is 0.237 e. The molecular weight excluding hydrogens is 250 g/mol. The Morgan fingerprint density at radius 2 is 2.10 bits per heavy atom. The summed E-state index contributed by atoms with van der Waals surface area (Å²) in [6, 6.07) is 0.0595. The molecule has 0 radical (unpaired) electrons. The third-order valence-electron chi connectivity index (χ3n) is 4.24. The molecule has 4 nitrogen and oxygen atoms in total. The highest BCUT2D eigenvalue weighted by atomic mass is 16.2. The largest absolute Gasteiger partial charge is 0.354 e. The molecule has 0 aromatic heterocycles. The van der Waals surface area contributed by atoms with Gasteiger partial charge in [0, 0.05) is 19.6 Å². The molecule has 4 heteroatoms. The van der Waals surface area contributed by atoms with Crippen LogP contribution in [0.2, 0.25) is 0 Å². The average molecular weight is 281 g/mol. The Balaban J connectivity index is 1.71. The molecule has 20 heavy (non-hydrogen) atoms. The lowest BCUT2D eigenvalue weighted by Gasteiger charge is -2.36. The highest BCUT2D eigenvalue weighted by Gasteiger charge is 2.26. The summed E-state index contributed by atoms with van der Waals surface area (Å²) < 4.78 is 0. The molecule has 2 heterocycles. The third kappa shape index (κ3) is 5.06. The van der Waals surface area contributed by atoms with Gasteiger partial charge in [-0.2, -0.15) is 0 Å². The molecule has 0 bridgehead atoms. The van der Waals surface area contributed by atoms with Crippen molar-refractivity contribution in [2.45, 2.75) is 52.5 Å². The number of amides is 1. The van der Waals surface area contributed by atoms with E-state index in [-0.39, 0.29) is 11.9 Å². The van der Waals surface area contributed by atoms with Gasteiger partial charge in [0.05, 0.1) is 6.04 Å². The maximum absolute atomic E-state index is 12.0. The first-order valence-corrected chi connectivity index (χ1v) is 8.17. The van der Waals surface area contributed by atoms with Crippen molar-refractivity contribution < 1.29 is 4.79 Å². The molecule has 0 spiro atoms. The monoisotopic (exact) mass is 281 g/mol. The van der Waals surface area contributed by atoms with Gasteiger partial charge in [-0.25, -0.2) is 0 Å². The molecule has 2 unspecified atom stereocenters. The number of hydrogen-bond acceptors (Lipinski definition) is 3. The van der Waals surface area contributed by atoms with Crippen LogP contribution in [0.4, 0.5) is 0 Å². The number of carbonyl (C=O) groups excluding carboxylic acids is 1. The lowest BCUT2D eigenvalue weighted by Crippen LogP contribution is -2.46. The molecule has 2 aliphatic rings. The summed E-state index contributed by atoms with van der Waals surface area (Å²) in [6.07, 6.45) is 4.63. The number of nitrogens with zero attached hydrogens (tertiary/aromatic N) is 1. The quantitative estimate of drug-likeness (QED) is 0.823. The molecule has 116 valence electrons. The molecule has 2 saturated heterocycles.